The molecule has 0 fully saturated rings. The number of aromatic nitrogens is 1. The first kappa shape index (κ1) is 16.6. The number of aryl methyl sites for hydroxylation is 2. The van der Waals surface area contributed by atoms with E-state index in [1.165, 1.54) is 12.6 Å². The van der Waals surface area contributed by atoms with Gasteiger partial charge in [-0.2, -0.15) is 5.26 Å². The Morgan fingerprint density at radius 1 is 1.30 bits per heavy atom. The fraction of sp³-hybridized carbons (Fsp3) is 0.263. The smallest absolute Gasteiger partial charge is 0.261 e. The van der Waals surface area contributed by atoms with Crippen molar-refractivity contribution in [3.05, 3.63) is 58.4 Å². The third-order valence-corrected chi connectivity index (χ3v) is 3.97. The summed E-state index contributed by atoms with van der Waals surface area (Å²) in [7, 11) is 1.52. The second kappa shape index (κ2) is 6.97. The van der Waals surface area contributed by atoms with Crippen LogP contribution in [0, 0.1) is 25.2 Å². The molecule has 1 amide bonds. The van der Waals surface area contributed by atoms with E-state index in [1.54, 1.807) is 6.08 Å². The summed E-state index contributed by atoms with van der Waals surface area (Å²) in [5, 5.41) is 11.6. The molecule has 0 aliphatic rings. The summed E-state index contributed by atoms with van der Waals surface area (Å²) in [6, 6.07) is 12.4. The van der Waals surface area contributed by atoms with Crippen LogP contribution in [-0.4, -0.2) is 17.5 Å². The molecule has 1 aromatic heterocycles. The summed E-state index contributed by atoms with van der Waals surface area (Å²) in [6.45, 7) is 6.14. The van der Waals surface area contributed by atoms with Gasteiger partial charge in [-0.1, -0.05) is 19.1 Å². The summed E-state index contributed by atoms with van der Waals surface area (Å²) in [5.74, 6) is -0.371. The number of carbonyl (C=O) groups is 1. The molecule has 0 saturated heterocycles. The number of nitrogens with zero attached hydrogens (tertiary/aromatic N) is 2. The van der Waals surface area contributed by atoms with E-state index in [9.17, 15) is 4.79 Å². The van der Waals surface area contributed by atoms with Crippen molar-refractivity contribution in [2.75, 3.05) is 7.05 Å². The number of benzene rings is 1. The van der Waals surface area contributed by atoms with Crippen molar-refractivity contribution >= 4 is 12.0 Å². The molecule has 1 N–H and O–H groups in total. The lowest BCUT2D eigenvalue weighted by Crippen LogP contribution is -2.19. The quantitative estimate of drug-likeness (QED) is 0.696. The Hall–Kier alpha value is -2.80. The maximum Gasteiger partial charge on any atom is 0.261 e. The first-order chi connectivity index (χ1) is 11.0. The molecule has 23 heavy (non-hydrogen) atoms. The number of nitrogens with one attached hydrogen (secondary N) is 1. The zero-order chi connectivity index (χ0) is 17.0. The van der Waals surface area contributed by atoms with Gasteiger partial charge in [0, 0.05) is 24.1 Å². The average Bonchev–Trinajstić information content (AvgIpc) is 2.85. The van der Waals surface area contributed by atoms with Gasteiger partial charge in [0.1, 0.15) is 11.6 Å². The minimum atomic E-state index is -0.371. The molecule has 2 rings (SSSR count). The Morgan fingerprint density at radius 3 is 2.48 bits per heavy atom. The SMILES string of the molecule is CCc1ccc(-n2c(C)cc(/C=C(/C#N)C(=O)NC)c2C)cc1. The Bertz CT molecular complexity index is 789. The Kier molecular flexibility index (Phi) is 5.02. The molecule has 0 aliphatic heterocycles. The predicted octanol–water partition coefficient (Wildman–Crippen LogP) is 3.31. The number of hydrogen-bond acceptors (Lipinski definition) is 2. The van der Waals surface area contributed by atoms with Gasteiger partial charge >= 0.3 is 0 Å². The highest BCUT2D eigenvalue weighted by molar-refractivity contribution is 6.01. The Morgan fingerprint density at radius 2 is 1.96 bits per heavy atom. The summed E-state index contributed by atoms with van der Waals surface area (Å²) in [4.78, 5) is 11.7. The molecule has 0 radical (unpaired) electrons. The molecule has 1 heterocycles. The number of carbonyl (C=O) groups excluding carboxylic acids is 1. The lowest BCUT2D eigenvalue weighted by atomic mass is 10.1. The van der Waals surface area contributed by atoms with Crippen molar-refractivity contribution in [2.45, 2.75) is 27.2 Å². The molecule has 0 saturated carbocycles. The molecule has 0 spiro atoms. The largest absolute Gasteiger partial charge is 0.354 e. The molecule has 0 bridgehead atoms. The van der Waals surface area contributed by atoms with Crippen LogP contribution in [0.15, 0.2) is 35.9 Å². The first-order valence-corrected chi connectivity index (χ1v) is 7.64. The molecular weight excluding hydrogens is 286 g/mol. The van der Waals surface area contributed by atoms with E-state index in [0.717, 1.165) is 29.1 Å². The molecule has 2 aromatic rings. The van der Waals surface area contributed by atoms with Crippen LogP contribution in [0.3, 0.4) is 0 Å². The minimum absolute atomic E-state index is 0.106. The number of rotatable bonds is 4. The fourth-order valence-electron chi connectivity index (χ4n) is 2.65. The average molecular weight is 307 g/mol. The summed E-state index contributed by atoms with van der Waals surface area (Å²) >= 11 is 0. The van der Waals surface area contributed by atoms with Gasteiger partial charge in [-0.3, -0.25) is 4.79 Å². The Labute approximate surface area is 137 Å². The second-order valence-electron chi connectivity index (χ2n) is 5.43. The lowest BCUT2D eigenvalue weighted by Gasteiger charge is -2.10. The van der Waals surface area contributed by atoms with E-state index in [0.29, 0.717) is 0 Å². The standard InChI is InChI=1S/C19H21N3O/c1-5-15-6-8-18(9-7-15)22-13(2)10-16(14(22)3)11-17(12-20)19(23)21-4/h6-11H,5H2,1-4H3,(H,21,23)/b17-11-. The normalized spacial score (nSPS) is 11.2. The molecular formula is C19H21N3O. The van der Waals surface area contributed by atoms with Crippen LogP contribution in [0.2, 0.25) is 0 Å². The maximum absolute atomic E-state index is 11.7. The van der Waals surface area contributed by atoms with Crippen LogP contribution in [0.25, 0.3) is 11.8 Å². The highest BCUT2D eigenvalue weighted by Crippen LogP contribution is 2.23. The van der Waals surface area contributed by atoms with Gasteiger partial charge in [0.05, 0.1) is 0 Å². The highest BCUT2D eigenvalue weighted by Gasteiger charge is 2.12. The fourth-order valence-corrected chi connectivity index (χ4v) is 2.65. The van der Waals surface area contributed by atoms with E-state index < -0.39 is 0 Å². The summed E-state index contributed by atoms with van der Waals surface area (Å²) in [5.41, 5.74) is 5.42. The zero-order valence-electron chi connectivity index (χ0n) is 14.0. The maximum atomic E-state index is 11.7. The van der Waals surface area contributed by atoms with Gasteiger partial charge in [-0.15, -0.1) is 0 Å². The van der Waals surface area contributed by atoms with Gasteiger partial charge < -0.3 is 9.88 Å². The number of likely N-dealkylation sites (N-methyl/N-ethyl adjacent to an activating group) is 1. The molecule has 0 aliphatic carbocycles. The third-order valence-electron chi connectivity index (χ3n) is 3.97. The first-order valence-electron chi connectivity index (χ1n) is 7.64. The van der Waals surface area contributed by atoms with Crippen molar-refractivity contribution in [3.8, 4) is 11.8 Å². The van der Waals surface area contributed by atoms with Crippen molar-refractivity contribution in [3.63, 3.8) is 0 Å². The van der Waals surface area contributed by atoms with Crippen LogP contribution in [0.1, 0.15) is 29.4 Å². The molecule has 0 atom stereocenters. The summed E-state index contributed by atoms with van der Waals surface area (Å²) in [6.07, 6.45) is 2.65. The van der Waals surface area contributed by atoms with Crippen molar-refractivity contribution in [1.29, 1.82) is 5.26 Å². The second-order valence-corrected chi connectivity index (χ2v) is 5.43. The number of nitriles is 1. The van der Waals surface area contributed by atoms with Crippen LogP contribution in [0.4, 0.5) is 0 Å². The van der Waals surface area contributed by atoms with Crippen molar-refractivity contribution < 1.29 is 4.79 Å². The van der Waals surface area contributed by atoms with Gasteiger partial charge in [-0.25, -0.2) is 0 Å². The number of amides is 1. The van der Waals surface area contributed by atoms with E-state index in [1.807, 2.05) is 26.0 Å². The highest BCUT2D eigenvalue weighted by atomic mass is 16.1. The molecule has 0 unspecified atom stereocenters. The minimum Gasteiger partial charge on any atom is -0.354 e. The van der Waals surface area contributed by atoms with E-state index in [2.05, 4.69) is 41.1 Å². The third kappa shape index (κ3) is 3.35. The molecule has 118 valence electrons. The molecule has 1 aromatic carbocycles. The van der Waals surface area contributed by atoms with E-state index in [4.69, 9.17) is 5.26 Å². The van der Waals surface area contributed by atoms with Crippen LogP contribution in [0.5, 0.6) is 0 Å². The van der Waals surface area contributed by atoms with E-state index >= 15 is 0 Å². The summed E-state index contributed by atoms with van der Waals surface area (Å²) < 4.78 is 2.13. The topological polar surface area (TPSA) is 57.8 Å². The molecule has 4 nitrogen and oxygen atoms in total. The Balaban J connectivity index is 2.49. The van der Waals surface area contributed by atoms with Gasteiger partial charge in [0.25, 0.3) is 5.91 Å². The predicted molar refractivity (Wildman–Crippen MR) is 92.3 cm³/mol. The zero-order valence-corrected chi connectivity index (χ0v) is 14.0. The van der Waals surface area contributed by atoms with Gasteiger partial charge in [0.15, 0.2) is 0 Å². The van der Waals surface area contributed by atoms with Crippen LogP contribution >= 0.6 is 0 Å². The van der Waals surface area contributed by atoms with Crippen molar-refractivity contribution in [2.24, 2.45) is 0 Å². The number of hydrogen-bond donors (Lipinski definition) is 1. The van der Waals surface area contributed by atoms with Gasteiger partial charge in [0.2, 0.25) is 0 Å². The van der Waals surface area contributed by atoms with Crippen molar-refractivity contribution in [1.82, 2.24) is 9.88 Å². The van der Waals surface area contributed by atoms with Gasteiger partial charge in [-0.05, 0) is 55.7 Å². The molecule has 4 heteroatoms. The van der Waals surface area contributed by atoms with Crippen LogP contribution < -0.4 is 5.32 Å². The lowest BCUT2D eigenvalue weighted by molar-refractivity contribution is -0.116. The monoisotopic (exact) mass is 307 g/mol. The van der Waals surface area contributed by atoms with E-state index in [-0.39, 0.29) is 11.5 Å². The van der Waals surface area contributed by atoms with Crippen LogP contribution in [-0.2, 0) is 11.2 Å².